The van der Waals surface area contributed by atoms with Gasteiger partial charge in [0.2, 0.25) is 11.6 Å². The number of benzene rings is 3. The molecule has 0 saturated carbocycles. The minimum Gasteiger partial charge on any atom is -1.00 e. The van der Waals surface area contributed by atoms with Crippen LogP contribution in [0.4, 0.5) is 16.2 Å². The number of anilines is 1. The number of halogens is 1. The van der Waals surface area contributed by atoms with E-state index in [1.807, 2.05) is 24.3 Å². The molecule has 3 aliphatic rings. The van der Waals surface area contributed by atoms with Crippen LogP contribution in [-0.4, -0.2) is 54.1 Å². The first-order valence-corrected chi connectivity index (χ1v) is 22.2. The summed E-state index contributed by atoms with van der Waals surface area (Å²) in [5.41, 5.74) is 12.5. The topological polar surface area (TPSA) is 92.1 Å². The van der Waals surface area contributed by atoms with Gasteiger partial charge in [-0.25, -0.2) is 4.79 Å². The second-order valence-corrected chi connectivity index (χ2v) is 18.3. The number of amides is 2. The molecule has 0 fully saturated rings. The third kappa shape index (κ3) is 11.3. The van der Waals surface area contributed by atoms with Crippen LogP contribution in [0.25, 0.3) is 0 Å². The summed E-state index contributed by atoms with van der Waals surface area (Å²) < 4.78 is 14.6. The number of rotatable bonds is 16. The summed E-state index contributed by atoms with van der Waals surface area (Å²) in [5.74, 6) is 1.55. The molecule has 3 aromatic rings. The van der Waals surface area contributed by atoms with E-state index in [0.29, 0.717) is 13.0 Å². The first kappa shape index (κ1) is 47.9. The van der Waals surface area contributed by atoms with Crippen LogP contribution in [0.5, 0.6) is 5.75 Å². The SMILES string of the molecule is CCCN1/C(=C/C=C2\CCCC(/C=C/C3=[N+](CCC)c4ccccc4C3(C)C)=C2Oc2ccc(CC(=O)NCCCONC(=O)OC(C)(C)C)cc2)C(C)(C)c2ccccc21.[Cl-]. The smallest absolute Gasteiger partial charge is 0.431 e. The Bertz CT molecular complexity index is 2220. The standard InChI is InChI=1S/C52H66N4O5.ClH/c1-10-33-55-43-22-14-12-20-41(43)51(6,7)45(55)30-26-38-18-16-19-39(27-31-46-52(8,9)42-21-13-15-23-44(42)56(46)34-11-2)48(38)60-40-28-24-37(25-29-40)36-47(57)53-32-17-35-59-54-49(58)61-50(3,4)5;/h12-15,20-31H,10-11,16-19,32-36H2,1-9H3,(H-,53,54,57,58);1H. The summed E-state index contributed by atoms with van der Waals surface area (Å²) in [6.07, 6.45) is 14.4. The van der Waals surface area contributed by atoms with Crippen molar-refractivity contribution in [2.24, 2.45) is 0 Å². The van der Waals surface area contributed by atoms with Gasteiger partial charge in [-0.2, -0.15) is 10.1 Å². The average molecular weight is 864 g/mol. The number of hydroxylamine groups is 1. The van der Waals surface area contributed by atoms with Crippen LogP contribution >= 0.6 is 0 Å². The molecule has 332 valence electrons. The number of nitrogens with one attached hydrogen (secondary N) is 2. The van der Waals surface area contributed by atoms with Gasteiger partial charge in [-0.3, -0.25) is 9.63 Å². The molecule has 0 saturated heterocycles. The highest BCUT2D eigenvalue weighted by molar-refractivity contribution is 6.03. The third-order valence-electron chi connectivity index (χ3n) is 11.7. The zero-order chi connectivity index (χ0) is 43.8. The van der Waals surface area contributed by atoms with Crippen molar-refractivity contribution in [2.75, 3.05) is 31.1 Å². The lowest BCUT2D eigenvalue weighted by Gasteiger charge is -2.27. The molecule has 0 atom stereocenters. The van der Waals surface area contributed by atoms with E-state index in [0.717, 1.165) is 62.3 Å². The van der Waals surface area contributed by atoms with Gasteiger partial charge in [0.05, 0.1) is 18.4 Å². The molecule has 62 heavy (non-hydrogen) atoms. The van der Waals surface area contributed by atoms with Crippen molar-refractivity contribution in [1.29, 1.82) is 0 Å². The Balaban J connectivity index is 0.00000726. The summed E-state index contributed by atoms with van der Waals surface area (Å²) in [6.45, 7) is 21.7. The summed E-state index contributed by atoms with van der Waals surface area (Å²) >= 11 is 0. The Kier molecular flexibility index (Phi) is 16.1. The molecular formula is C52H67ClN4O5. The van der Waals surface area contributed by atoms with Crippen LogP contribution in [0.1, 0.15) is 118 Å². The van der Waals surface area contributed by atoms with Crippen LogP contribution in [0.15, 0.2) is 120 Å². The first-order valence-electron chi connectivity index (χ1n) is 22.2. The average Bonchev–Trinajstić information content (AvgIpc) is 3.56. The number of hydrogen-bond donors (Lipinski definition) is 2. The van der Waals surface area contributed by atoms with Gasteiger partial charge in [0.15, 0.2) is 5.71 Å². The fraction of sp³-hybridized carbons (Fsp3) is 0.442. The predicted octanol–water partition coefficient (Wildman–Crippen LogP) is 8.07. The van der Waals surface area contributed by atoms with Crippen molar-refractivity contribution < 1.29 is 40.9 Å². The lowest BCUT2D eigenvalue weighted by atomic mass is 9.81. The molecule has 9 nitrogen and oxygen atoms in total. The van der Waals surface area contributed by atoms with Crippen molar-refractivity contribution in [3.8, 4) is 5.75 Å². The van der Waals surface area contributed by atoms with E-state index in [2.05, 4.69) is 135 Å². The highest BCUT2D eigenvalue weighted by Crippen LogP contribution is 2.48. The minimum atomic E-state index is -0.642. The van der Waals surface area contributed by atoms with E-state index >= 15 is 0 Å². The molecule has 0 radical (unpaired) electrons. The summed E-state index contributed by atoms with van der Waals surface area (Å²) in [7, 11) is 0. The normalized spacial score (nSPS) is 17.9. The zero-order valence-electron chi connectivity index (χ0n) is 38.3. The highest BCUT2D eigenvalue weighted by atomic mass is 35.5. The molecule has 2 aliphatic heterocycles. The Morgan fingerprint density at radius 3 is 2.27 bits per heavy atom. The first-order chi connectivity index (χ1) is 29.1. The maximum atomic E-state index is 12.8. The van der Waals surface area contributed by atoms with Crippen LogP contribution in [-0.2, 0) is 31.6 Å². The molecule has 10 heteroatoms. The van der Waals surface area contributed by atoms with Crippen LogP contribution < -0.4 is 32.8 Å². The lowest BCUT2D eigenvalue weighted by Crippen LogP contribution is -3.00. The van der Waals surface area contributed by atoms with Crippen LogP contribution in [0.2, 0.25) is 0 Å². The quantitative estimate of drug-likeness (QED) is 0.0861. The molecule has 0 spiro atoms. The summed E-state index contributed by atoms with van der Waals surface area (Å²) in [4.78, 5) is 32.2. The van der Waals surface area contributed by atoms with Crippen molar-refractivity contribution in [3.05, 3.63) is 136 Å². The minimum absolute atomic E-state index is 0. The highest BCUT2D eigenvalue weighted by Gasteiger charge is 2.44. The molecule has 0 aromatic heterocycles. The molecule has 3 aromatic carbocycles. The number of hydrogen-bond acceptors (Lipinski definition) is 6. The predicted molar refractivity (Wildman–Crippen MR) is 247 cm³/mol. The van der Waals surface area contributed by atoms with E-state index in [1.165, 1.54) is 45.1 Å². The lowest BCUT2D eigenvalue weighted by molar-refractivity contribution is -0.437. The van der Waals surface area contributed by atoms with Gasteiger partial charge in [-0.1, -0.05) is 82.3 Å². The summed E-state index contributed by atoms with van der Waals surface area (Å²) in [6, 6.07) is 25.5. The van der Waals surface area contributed by atoms with Gasteiger partial charge in [0.25, 0.3) is 0 Å². The van der Waals surface area contributed by atoms with E-state index in [4.69, 9.17) is 14.3 Å². The second-order valence-electron chi connectivity index (χ2n) is 18.3. The van der Waals surface area contributed by atoms with Crippen molar-refractivity contribution in [2.45, 2.75) is 124 Å². The molecule has 6 rings (SSSR count). The van der Waals surface area contributed by atoms with E-state index < -0.39 is 11.7 Å². The maximum Gasteiger partial charge on any atom is 0.431 e. The fourth-order valence-corrected chi connectivity index (χ4v) is 8.74. The number of carbonyl (C=O) groups is 2. The molecule has 0 bridgehead atoms. The van der Waals surface area contributed by atoms with Crippen LogP contribution in [0, 0.1) is 0 Å². The Labute approximate surface area is 376 Å². The van der Waals surface area contributed by atoms with Gasteiger partial charge < -0.3 is 32.1 Å². The molecule has 2 heterocycles. The molecule has 0 unspecified atom stereocenters. The van der Waals surface area contributed by atoms with Crippen molar-refractivity contribution in [3.63, 3.8) is 0 Å². The number of fused-ring (bicyclic) bond motifs is 2. The van der Waals surface area contributed by atoms with Gasteiger partial charge in [-0.05, 0) is 119 Å². The monoisotopic (exact) mass is 862 g/mol. The van der Waals surface area contributed by atoms with Crippen molar-refractivity contribution in [1.82, 2.24) is 10.8 Å². The van der Waals surface area contributed by atoms with Gasteiger partial charge in [0, 0.05) is 54.0 Å². The van der Waals surface area contributed by atoms with Crippen LogP contribution in [0.3, 0.4) is 0 Å². The zero-order valence-corrected chi connectivity index (χ0v) is 39.1. The van der Waals surface area contributed by atoms with E-state index in [1.54, 1.807) is 20.8 Å². The van der Waals surface area contributed by atoms with E-state index in [9.17, 15) is 9.59 Å². The molecule has 2 amide bonds. The Morgan fingerprint density at radius 2 is 1.56 bits per heavy atom. The number of nitrogens with zero attached hydrogens (tertiary/aromatic N) is 2. The van der Waals surface area contributed by atoms with E-state index in [-0.39, 0.29) is 42.2 Å². The molecular weight excluding hydrogens is 796 g/mol. The summed E-state index contributed by atoms with van der Waals surface area (Å²) in [5, 5.41) is 2.94. The number of carbonyl (C=O) groups excluding carboxylic acids is 2. The maximum absolute atomic E-state index is 12.8. The van der Waals surface area contributed by atoms with Gasteiger partial charge in [-0.15, -0.1) is 0 Å². The molecule has 2 N–H and O–H groups in total. The fourth-order valence-electron chi connectivity index (χ4n) is 8.74. The molecule has 1 aliphatic carbocycles. The Hall–Kier alpha value is -5.12. The van der Waals surface area contributed by atoms with Crippen molar-refractivity contribution >= 4 is 29.1 Å². The second kappa shape index (κ2) is 20.8. The van der Waals surface area contributed by atoms with Gasteiger partial charge >= 0.3 is 6.09 Å². The number of para-hydroxylation sites is 2. The largest absolute Gasteiger partial charge is 1.00 e. The van der Waals surface area contributed by atoms with Gasteiger partial charge in [0.1, 0.15) is 23.7 Å². The third-order valence-corrected chi connectivity index (χ3v) is 11.7. The number of allylic oxidation sites excluding steroid dienone is 7. The number of ether oxygens (including phenoxy) is 2. The Morgan fingerprint density at radius 1 is 0.855 bits per heavy atom.